The first-order valence-electron chi connectivity index (χ1n) is 8.86. The van der Waals surface area contributed by atoms with E-state index in [0.29, 0.717) is 28.8 Å². The van der Waals surface area contributed by atoms with Crippen LogP contribution in [0.4, 0.5) is 0 Å². The maximum absolute atomic E-state index is 12.4. The van der Waals surface area contributed by atoms with Gasteiger partial charge < -0.3 is 5.11 Å². The fourth-order valence-corrected chi connectivity index (χ4v) is 6.63. The Morgan fingerprint density at radius 3 is 2.76 bits per heavy atom. The van der Waals surface area contributed by atoms with Crippen LogP contribution in [-0.4, -0.2) is 10.9 Å². The molecular weight excluding hydrogens is 260 g/mol. The van der Waals surface area contributed by atoms with E-state index in [-0.39, 0.29) is 5.41 Å². The summed E-state index contributed by atoms with van der Waals surface area (Å²) in [6.45, 7) is 4.72. The van der Waals surface area contributed by atoms with Crippen LogP contribution in [0.1, 0.15) is 65.2 Å². The van der Waals surface area contributed by atoms with E-state index in [4.69, 9.17) is 0 Å². The summed E-state index contributed by atoms with van der Waals surface area (Å²) in [4.78, 5) is 12.4. The predicted octanol–water partition coefficient (Wildman–Crippen LogP) is 4.65. The molecule has 2 nitrogen and oxygen atoms in total. The fourth-order valence-electron chi connectivity index (χ4n) is 6.63. The summed E-state index contributed by atoms with van der Waals surface area (Å²) in [5.41, 5.74) is 0.360. The number of aliphatic hydroxyl groups is 1. The van der Waals surface area contributed by atoms with Gasteiger partial charge >= 0.3 is 0 Å². The zero-order valence-electron chi connectivity index (χ0n) is 13.4. The minimum Gasteiger partial charge on any atom is -0.513 e. The normalized spacial score (nSPS) is 52.7. The standard InChI is InChI=1S/C19H28O2/c1-18-9-7-13(20)11-12(18)3-4-14-15-5-6-17(21)19(15,2)10-8-16(14)18/h7,12,14-16,20H,3-6,8-11H2,1-2H3/t12?,14-,15-,16+,18-,19-/m0/s1. The summed E-state index contributed by atoms with van der Waals surface area (Å²) in [6, 6.07) is 0. The Labute approximate surface area is 128 Å². The number of rotatable bonds is 0. The van der Waals surface area contributed by atoms with Crippen molar-refractivity contribution in [3.63, 3.8) is 0 Å². The van der Waals surface area contributed by atoms with Gasteiger partial charge in [0.05, 0.1) is 5.76 Å². The van der Waals surface area contributed by atoms with Crippen LogP contribution < -0.4 is 0 Å². The quantitative estimate of drug-likeness (QED) is 0.704. The third-order valence-electron chi connectivity index (χ3n) is 8.01. The van der Waals surface area contributed by atoms with E-state index in [2.05, 4.69) is 19.9 Å². The van der Waals surface area contributed by atoms with Crippen LogP contribution >= 0.6 is 0 Å². The topological polar surface area (TPSA) is 37.3 Å². The fraction of sp³-hybridized carbons (Fsp3) is 0.842. The van der Waals surface area contributed by atoms with Crippen LogP contribution in [0.5, 0.6) is 0 Å². The van der Waals surface area contributed by atoms with Crippen LogP contribution in [0.2, 0.25) is 0 Å². The van der Waals surface area contributed by atoms with Gasteiger partial charge in [-0.2, -0.15) is 0 Å². The molecule has 21 heavy (non-hydrogen) atoms. The Balaban J connectivity index is 1.67. The van der Waals surface area contributed by atoms with Gasteiger partial charge in [-0.1, -0.05) is 13.8 Å². The predicted molar refractivity (Wildman–Crippen MR) is 82.8 cm³/mol. The molecule has 0 aromatic heterocycles. The Morgan fingerprint density at radius 1 is 1.14 bits per heavy atom. The van der Waals surface area contributed by atoms with Crippen molar-refractivity contribution in [2.75, 3.05) is 0 Å². The maximum atomic E-state index is 12.4. The van der Waals surface area contributed by atoms with Crippen molar-refractivity contribution >= 4 is 5.78 Å². The van der Waals surface area contributed by atoms with Gasteiger partial charge in [0.15, 0.2) is 0 Å². The Hall–Kier alpha value is -0.790. The van der Waals surface area contributed by atoms with Crippen LogP contribution in [0.3, 0.4) is 0 Å². The molecule has 2 heteroatoms. The summed E-state index contributed by atoms with van der Waals surface area (Å²) in [7, 11) is 0. The zero-order valence-corrected chi connectivity index (χ0v) is 13.4. The van der Waals surface area contributed by atoms with Crippen LogP contribution in [0, 0.1) is 34.5 Å². The molecule has 1 N–H and O–H groups in total. The summed E-state index contributed by atoms with van der Waals surface area (Å²) < 4.78 is 0. The first-order chi connectivity index (χ1) is 9.95. The van der Waals surface area contributed by atoms with Gasteiger partial charge in [0.1, 0.15) is 5.78 Å². The van der Waals surface area contributed by atoms with Gasteiger partial charge in [0, 0.05) is 18.3 Å². The van der Waals surface area contributed by atoms with Gasteiger partial charge in [0.2, 0.25) is 0 Å². The molecule has 3 saturated carbocycles. The second-order valence-corrected chi connectivity index (χ2v) is 8.68. The van der Waals surface area contributed by atoms with Gasteiger partial charge in [-0.15, -0.1) is 0 Å². The summed E-state index contributed by atoms with van der Waals surface area (Å²) >= 11 is 0. The molecule has 3 fully saturated rings. The molecule has 0 spiro atoms. The number of Topliss-reactive ketones (excluding diaryl/α,β-unsaturated/α-hetero) is 1. The number of carbonyl (C=O) groups is 1. The van der Waals surface area contributed by atoms with Gasteiger partial charge in [-0.05, 0) is 73.7 Å². The summed E-state index contributed by atoms with van der Waals surface area (Å²) in [5, 5.41) is 9.90. The molecule has 0 bridgehead atoms. The average molecular weight is 288 g/mol. The second-order valence-electron chi connectivity index (χ2n) is 8.68. The van der Waals surface area contributed by atoms with E-state index in [1.165, 1.54) is 19.3 Å². The van der Waals surface area contributed by atoms with E-state index in [1.54, 1.807) is 0 Å². The highest BCUT2D eigenvalue weighted by atomic mass is 16.3. The SMILES string of the molecule is C[C@]12CC=C(O)CC1CC[C@@H]1[C@H]2CC[C@]2(C)C(=O)CC[C@@H]12. The summed E-state index contributed by atoms with van der Waals surface area (Å²) in [5.74, 6) is 3.98. The Bertz CT molecular complexity index is 508. The molecule has 1 unspecified atom stereocenters. The first-order valence-corrected chi connectivity index (χ1v) is 8.86. The molecule has 4 aliphatic carbocycles. The van der Waals surface area contributed by atoms with Crippen molar-refractivity contribution in [2.45, 2.75) is 65.2 Å². The smallest absolute Gasteiger partial charge is 0.139 e. The molecule has 0 aromatic carbocycles. The molecule has 0 saturated heterocycles. The molecule has 6 atom stereocenters. The van der Waals surface area contributed by atoms with Gasteiger partial charge in [-0.3, -0.25) is 4.79 Å². The van der Waals surface area contributed by atoms with Crippen LogP contribution in [-0.2, 0) is 4.79 Å². The lowest BCUT2D eigenvalue weighted by Crippen LogP contribution is -2.52. The Kier molecular flexibility index (Phi) is 2.88. The highest BCUT2D eigenvalue weighted by molar-refractivity contribution is 5.87. The number of allylic oxidation sites excluding steroid dienone is 2. The monoisotopic (exact) mass is 288 g/mol. The molecular formula is C19H28O2. The highest BCUT2D eigenvalue weighted by Gasteiger charge is 2.59. The minimum absolute atomic E-state index is 0.00297. The Morgan fingerprint density at radius 2 is 1.95 bits per heavy atom. The molecule has 0 aliphatic heterocycles. The van der Waals surface area contributed by atoms with Crippen molar-refractivity contribution in [2.24, 2.45) is 34.5 Å². The molecule has 4 rings (SSSR count). The van der Waals surface area contributed by atoms with Crippen molar-refractivity contribution in [1.29, 1.82) is 0 Å². The van der Waals surface area contributed by atoms with Crippen molar-refractivity contribution in [3.8, 4) is 0 Å². The maximum Gasteiger partial charge on any atom is 0.139 e. The number of hydrogen-bond donors (Lipinski definition) is 1. The average Bonchev–Trinajstić information content (AvgIpc) is 2.76. The molecule has 0 amide bonds. The number of carbonyl (C=O) groups excluding carboxylic acids is 1. The van der Waals surface area contributed by atoms with E-state index < -0.39 is 0 Å². The van der Waals surface area contributed by atoms with Gasteiger partial charge in [-0.25, -0.2) is 0 Å². The van der Waals surface area contributed by atoms with Gasteiger partial charge in [0.25, 0.3) is 0 Å². The minimum atomic E-state index is -0.00297. The lowest BCUT2D eigenvalue weighted by atomic mass is 9.46. The third-order valence-corrected chi connectivity index (χ3v) is 8.01. The van der Waals surface area contributed by atoms with Crippen LogP contribution in [0.15, 0.2) is 11.8 Å². The lowest BCUT2D eigenvalue weighted by molar-refractivity contribution is -0.136. The molecule has 0 aromatic rings. The number of ketones is 1. The van der Waals surface area contributed by atoms with Crippen molar-refractivity contribution in [3.05, 3.63) is 11.8 Å². The number of fused-ring (bicyclic) bond motifs is 5. The highest BCUT2D eigenvalue weighted by Crippen LogP contribution is 2.65. The van der Waals surface area contributed by atoms with Crippen molar-refractivity contribution < 1.29 is 9.90 Å². The first kappa shape index (κ1) is 13.8. The molecule has 0 heterocycles. The van der Waals surface area contributed by atoms with E-state index in [9.17, 15) is 9.90 Å². The second kappa shape index (κ2) is 4.36. The number of hydrogen-bond acceptors (Lipinski definition) is 2. The van der Waals surface area contributed by atoms with Crippen molar-refractivity contribution in [1.82, 2.24) is 0 Å². The van der Waals surface area contributed by atoms with Crippen LogP contribution in [0.25, 0.3) is 0 Å². The van der Waals surface area contributed by atoms with E-state index in [1.807, 2.05) is 0 Å². The summed E-state index contributed by atoms with van der Waals surface area (Å²) in [6.07, 6.45) is 10.8. The van der Waals surface area contributed by atoms with E-state index >= 15 is 0 Å². The largest absolute Gasteiger partial charge is 0.513 e. The lowest BCUT2D eigenvalue weighted by Gasteiger charge is -2.58. The number of aliphatic hydroxyl groups excluding tert-OH is 1. The molecule has 0 radical (unpaired) electrons. The molecule has 4 aliphatic rings. The third kappa shape index (κ3) is 1.74. The zero-order chi connectivity index (χ0) is 14.8. The van der Waals surface area contributed by atoms with E-state index in [0.717, 1.165) is 43.9 Å². The molecule has 116 valence electrons.